The van der Waals surface area contributed by atoms with Crippen molar-refractivity contribution in [1.29, 1.82) is 0 Å². The molecule has 1 fully saturated rings. The average Bonchev–Trinajstić information content (AvgIpc) is 3.26. The molecule has 1 aliphatic rings. The lowest BCUT2D eigenvalue weighted by atomic mass is 9.99. The number of allylic oxidation sites excluding steroid dienone is 10. The summed E-state index contributed by atoms with van der Waals surface area (Å²) >= 11 is 0. The largest absolute Gasteiger partial charge is 0.462 e. The van der Waals surface area contributed by atoms with E-state index in [1.54, 1.807) is 0 Å². The Balaban J connectivity index is 2.32. The van der Waals surface area contributed by atoms with Crippen LogP contribution in [-0.4, -0.2) is 89.0 Å². The number of carbonyl (C=O) groups excluding carboxylic acids is 2. The van der Waals surface area contributed by atoms with Crippen LogP contribution in [0.5, 0.6) is 0 Å². The van der Waals surface area contributed by atoms with Crippen molar-refractivity contribution in [2.24, 2.45) is 0 Å². The number of hydrogen-bond donors (Lipinski definition) is 4. The van der Waals surface area contributed by atoms with Crippen molar-refractivity contribution in [2.75, 3.05) is 19.8 Å². The van der Waals surface area contributed by atoms with Gasteiger partial charge in [-0.1, -0.05) is 190 Å². The van der Waals surface area contributed by atoms with Gasteiger partial charge in [-0.25, -0.2) is 0 Å². The van der Waals surface area contributed by atoms with E-state index < -0.39 is 55.4 Å². The molecule has 10 heteroatoms. The standard InChI is InChI=1S/C51H88O10/c1-3-5-7-9-11-13-15-17-19-21-22-24-26-28-30-32-34-36-38-40-47(54)60-44(43-59-51-50(57)49(56)48(55)45(41-52)61-51)42-58-46(53)39-37-35-33-31-29-27-25-23-20-18-16-14-12-10-8-6-4-2/h6,8,12,14,18,20,25,27,31,33,44-45,48-52,55-57H,3-5,7,9-11,13,15-17,19,21-24,26,28-30,32,34-43H2,1-2H3/b8-6+,14-12+,20-18+,27-25+,33-31+/t44-,45-,48+,49?,50?,51-/m1/s1. The Morgan fingerprint density at radius 1 is 0.525 bits per heavy atom. The molecule has 6 atom stereocenters. The van der Waals surface area contributed by atoms with Gasteiger partial charge in [0.2, 0.25) is 0 Å². The Bertz CT molecular complexity index is 1180. The first-order valence-corrected chi connectivity index (χ1v) is 24.4. The monoisotopic (exact) mass is 861 g/mol. The van der Waals surface area contributed by atoms with Crippen molar-refractivity contribution < 1.29 is 49.0 Å². The maximum atomic E-state index is 12.8. The van der Waals surface area contributed by atoms with E-state index in [0.29, 0.717) is 12.8 Å². The molecule has 1 saturated heterocycles. The first-order chi connectivity index (χ1) is 29.8. The molecule has 0 bridgehead atoms. The molecule has 2 unspecified atom stereocenters. The molecule has 0 aromatic carbocycles. The lowest BCUT2D eigenvalue weighted by Crippen LogP contribution is -2.59. The second kappa shape index (κ2) is 41.4. The third-order valence-electron chi connectivity index (χ3n) is 10.9. The van der Waals surface area contributed by atoms with E-state index in [0.717, 1.165) is 57.8 Å². The highest BCUT2D eigenvalue weighted by molar-refractivity contribution is 5.70. The van der Waals surface area contributed by atoms with Crippen LogP contribution in [0.3, 0.4) is 0 Å². The zero-order valence-corrected chi connectivity index (χ0v) is 38.4. The predicted molar refractivity (Wildman–Crippen MR) is 247 cm³/mol. The normalized spacial score (nSPS) is 20.3. The quantitative estimate of drug-likeness (QED) is 0.0266. The van der Waals surface area contributed by atoms with Gasteiger partial charge in [-0.3, -0.25) is 9.59 Å². The maximum absolute atomic E-state index is 12.8. The van der Waals surface area contributed by atoms with E-state index in [1.807, 2.05) is 6.08 Å². The maximum Gasteiger partial charge on any atom is 0.306 e. The number of esters is 2. The summed E-state index contributed by atoms with van der Waals surface area (Å²) in [4.78, 5) is 25.4. The third kappa shape index (κ3) is 32.7. The highest BCUT2D eigenvalue weighted by atomic mass is 16.7. The average molecular weight is 861 g/mol. The van der Waals surface area contributed by atoms with Gasteiger partial charge in [0.15, 0.2) is 12.4 Å². The highest BCUT2D eigenvalue weighted by Crippen LogP contribution is 2.23. The minimum absolute atomic E-state index is 0.196. The van der Waals surface area contributed by atoms with Gasteiger partial charge in [-0.15, -0.1) is 0 Å². The number of hydrogen-bond acceptors (Lipinski definition) is 10. The first kappa shape index (κ1) is 56.4. The summed E-state index contributed by atoms with van der Waals surface area (Å²) in [5.41, 5.74) is 0. The second-order valence-electron chi connectivity index (χ2n) is 16.5. The molecule has 4 N–H and O–H groups in total. The summed E-state index contributed by atoms with van der Waals surface area (Å²) in [6, 6.07) is 0. The smallest absolute Gasteiger partial charge is 0.306 e. The summed E-state index contributed by atoms with van der Waals surface area (Å²) in [6.45, 7) is 3.27. The Morgan fingerprint density at radius 3 is 1.44 bits per heavy atom. The molecule has 1 aliphatic heterocycles. The summed E-state index contributed by atoms with van der Waals surface area (Å²) in [6.07, 6.45) is 43.8. The Kier molecular flexibility index (Phi) is 38.3. The molecular weight excluding hydrogens is 773 g/mol. The van der Waals surface area contributed by atoms with Gasteiger partial charge in [0.05, 0.1) is 13.2 Å². The Morgan fingerprint density at radius 2 is 0.967 bits per heavy atom. The number of ether oxygens (including phenoxy) is 4. The summed E-state index contributed by atoms with van der Waals surface area (Å²) in [7, 11) is 0. The van der Waals surface area contributed by atoms with Crippen LogP contribution in [0.25, 0.3) is 0 Å². The van der Waals surface area contributed by atoms with Gasteiger partial charge < -0.3 is 39.4 Å². The fourth-order valence-electron chi connectivity index (χ4n) is 7.11. The number of unbranched alkanes of at least 4 members (excludes halogenated alkanes) is 19. The molecule has 0 aromatic rings. The second-order valence-corrected chi connectivity index (χ2v) is 16.5. The highest BCUT2D eigenvalue weighted by Gasteiger charge is 2.44. The fraction of sp³-hybridized carbons (Fsp3) is 0.765. The van der Waals surface area contributed by atoms with Gasteiger partial charge >= 0.3 is 11.9 Å². The van der Waals surface area contributed by atoms with E-state index in [-0.39, 0.29) is 26.1 Å². The van der Waals surface area contributed by atoms with Gasteiger partial charge in [-0.05, 0) is 51.4 Å². The molecule has 61 heavy (non-hydrogen) atoms. The van der Waals surface area contributed by atoms with E-state index in [4.69, 9.17) is 18.9 Å². The van der Waals surface area contributed by atoms with Crippen LogP contribution in [0.15, 0.2) is 60.8 Å². The van der Waals surface area contributed by atoms with Crippen molar-refractivity contribution in [3.63, 3.8) is 0 Å². The van der Waals surface area contributed by atoms with Crippen molar-refractivity contribution in [3.8, 4) is 0 Å². The minimum Gasteiger partial charge on any atom is -0.462 e. The molecule has 1 heterocycles. The number of aliphatic hydroxyl groups excluding tert-OH is 4. The predicted octanol–water partition coefficient (Wildman–Crippen LogP) is 11.0. The third-order valence-corrected chi connectivity index (χ3v) is 10.9. The van der Waals surface area contributed by atoms with Gasteiger partial charge in [0.1, 0.15) is 31.0 Å². The Hall–Kier alpha value is -2.60. The van der Waals surface area contributed by atoms with Gasteiger partial charge in [-0.2, -0.15) is 0 Å². The van der Waals surface area contributed by atoms with Crippen LogP contribution in [0.1, 0.15) is 194 Å². The van der Waals surface area contributed by atoms with Crippen LogP contribution in [0.2, 0.25) is 0 Å². The zero-order chi connectivity index (χ0) is 44.4. The molecule has 0 spiro atoms. The number of rotatable bonds is 40. The zero-order valence-electron chi connectivity index (χ0n) is 38.4. The molecular formula is C51H88O10. The molecule has 0 aromatic heterocycles. The summed E-state index contributed by atoms with van der Waals surface area (Å²) in [5, 5.41) is 40.1. The molecule has 0 aliphatic carbocycles. The van der Waals surface area contributed by atoms with E-state index in [2.05, 4.69) is 68.5 Å². The van der Waals surface area contributed by atoms with E-state index in [9.17, 15) is 30.0 Å². The molecule has 0 radical (unpaired) electrons. The van der Waals surface area contributed by atoms with E-state index in [1.165, 1.54) is 96.3 Å². The summed E-state index contributed by atoms with van der Waals surface area (Å²) < 4.78 is 22.2. The molecule has 0 amide bonds. The van der Waals surface area contributed by atoms with Crippen LogP contribution in [-0.2, 0) is 28.5 Å². The first-order valence-electron chi connectivity index (χ1n) is 24.4. The van der Waals surface area contributed by atoms with Crippen LogP contribution in [0, 0.1) is 0 Å². The molecule has 10 nitrogen and oxygen atoms in total. The van der Waals surface area contributed by atoms with Crippen LogP contribution >= 0.6 is 0 Å². The van der Waals surface area contributed by atoms with E-state index >= 15 is 0 Å². The minimum atomic E-state index is -1.60. The lowest BCUT2D eigenvalue weighted by molar-refractivity contribution is -0.305. The molecule has 0 saturated carbocycles. The van der Waals surface area contributed by atoms with Crippen LogP contribution < -0.4 is 0 Å². The van der Waals surface area contributed by atoms with Gasteiger partial charge in [0, 0.05) is 12.8 Å². The van der Waals surface area contributed by atoms with Crippen LogP contribution in [0.4, 0.5) is 0 Å². The molecule has 1 rings (SSSR count). The fourth-order valence-corrected chi connectivity index (χ4v) is 7.11. The SMILES string of the molecule is CC/C=C/C/C=C/C/C=C/C/C=C/C/C=C/CCCC(=O)OC[C@H](CO[C@@H]1O[C@H](CO)[C@H](O)C(O)C1O)OC(=O)CCCCCCCCCCCCCCCCCCCCC. The van der Waals surface area contributed by atoms with Crippen molar-refractivity contribution in [1.82, 2.24) is 0 Å². The Labute approximate surface area is 370 Å². The summed E-state index contributed by atoms with van der Waals surface area (Å²) in [5.74, 6) is -0.871. The van der Waals surface area contributed by atoms with Crippen molar-refractivity contribution in [2.45, 2.75) is 230 Å². The number of carbonyl (C=O) groups is 2. The molecule has 352 valence electrons. The van der Waals surface area contributed by atoms with Gasteiger partial charge in [0.25, 0.3) is 0 Å². The topological polar surface area (TPSA) is 152 Å². The van der Waals surface area contributed by atoms with Crippen molar-refractivity contribution >= 4 is 11.9 Å². The lowest BCUT2D eigenvalue weighted by Gasteiger charge is -2.39. The van der Waals surface area contributed by atoms with Crippen molar-refractivity contribution in [3.05, 3.63) is 60.8 Å². The number of aliphatic hydroxyl groups is 4.